The van der Waals surface area contributed by atoms with Crippen LogP contribution in [0.15, 0.2) is 72.8 Å². The lowest BCUT2D eigenvalue weighted by Crippen LogP contribution is -2.41. The molecule has 0 fully saturated rings. The molecular weight excluding hydrogens is 434 g/mol. The first-order valence-electron chi connectivity index (χ1n) is 10.8. The molecule has 172 valence electrons. The number of ether oxygens (including phenoxy) is 2. The second-order valence-electron chi connectivity index (χ2n) is 7.60. The SMILES string of the molecule is N#Cc1ccc(C(=O)N(CCN2CCOc3c(OCC(=O)O)cccc32)c2ccccc2)cc1. The number of anilines is 2. The first-order valence-corrected chi connectivity index (χ1v) is 10.8. The van der Waals surface area contributed by atoms with E-state index in [1.54, 1.807) is 41.3 Å². The second kappa shape index (κ2) is 10.4. The fourth-order valence-corrected chi connectivity index (χ4v) is 3.78. The van der Waals surface area contributed by atoms with Gasteiger partial charge < -0.3 is 24.4 Å². The van der Waals surface area contributed by atoms with Crippen molar-refractivity contribution in [1.82, 2.24) is 0 Å². The lowest BCUT2D eigenvalue weighted by molar-refractivity contribution is -0.139. The number of hydrogen-bond donors (Lipinski definition) is 1. The van der Waals surface area contributed by atoms with E-state index in [0.29, 0.717) is 48.9 Å². The molecule has 0 saturated carbocycles. The van der Waals surface area contributed by atoms with Crippen LogP contribution in [0.4, 0.5) is 11.4 Å². The van der Waals surface area contributed by atoms with Crippen LogP contribution < -0.4 is 19.3 Å². The number of benzene rings is 3. The normalized spacial score (nSPS) is 12.1. The van der Waals surface area contributed by atoms with Crippen LogP contribution in [-0.4, -0.2) is 49.8 Å². The molecule has 0 saturated heterocycles. The Morgan fingerprint density at radius 1 is 1.06 bits per heavy atom. The number of carboxylic acids is 1. The van der Waals surface area contributed by atoms with Crippen LogP contribution in [0.25, 0.3) is 0 Å². The number of carboxylic acid groups (broad SMARTS) is 1. The van der Waals surface area contributed by atoms with Gasteiger partial charge in [0.25, 0.3) is 5.91 Å². The number of para-hydroxylation sites is 2. The molecule has 1 amide bonds. The summed E-state index contributed by atoms with van der Waals surface area (Å²) in [6, 6.07) is 23.4. The average molecular weight is 457 g/mol. The van der Waals surface area contributed by atoms with Crippen LogP contribution in [0.3, 0.4) is 0 Å². The summed E-state index contributed by atoms with van der Waals surface area (Å²) in [5, 5.41) is 18.0. The van der Waals surface area contributed by atoms with E-state index >= 15 is 0 Å². The number of nitrogens with zero attached hydrogens (tertiary/aromatic N) is 3. The highest BCUT2D eigenvalue weighted by Gasteiger charge is 2.24. The molecule has 4 rings (SSSR count). The predicted molar refractivity (Wildman–Crippen MR) is 127 cm³/mol. The smallest absolute Gasteiger partial charge is 0.341 e. The van der Waals surface area contributed by atoms with Crippen molar-refractivity contribution in [3.8, 4) is 17.6 Å². The fourth-order valence-electron chi connectivity index (χ4n) is 3.78. The lowest BCUT2D eigenvalue weighted by Gasteiger charge is -2.34. The maximum atomic E-state index is 13.4. The standard InChI is InChI=1S/C26H23N3O5/c27-17-19-9-11-20(12-10-19)26(32)29(21-5-2-1-3-6-21)14-13-28-15-16-33-25-22(28)7-4-8-23(25)34-18-24(30)31/h1-12H,13-16,18H2,(H,30,31). The van der Waals surface area contributed by atoms with E-state index in [9.17, 15) is 9.59 Å². The van der Waals surface area contributed by atoms with Crippen LogP contribution in [0.1, 0.15) is 15.9 Å². The Hall–Kier alpha value is -4.51. The number of rotatable bonds is 8. The van der Waals surface area contributed by atoms with Crippen molar-refractivity contribution in [3.63, 3.8) is 0 Å². The van der Waals surface area contributed by atoms with Gasteiger partial charge in [-0.25, -0.2) is 4.79 Å². The summed E-state index contributed by atoms with van der Waals surface area (Å²) >= 11 is 0. The minimum atomic E-state index is -1.06. The molecular formula is C26H23N3O5. The number of amides is 1. The van der Waals surface area contributed by atoms with Crippen LogP contribution in [0.5, 0.6) is 11.5 Å². The van der Waals surface area contributed by atoms with Crippen molar-refractivity contribution in [1.29, 1.82) is 5.26 Å². The van der Waals surface area contributed by atoms with Gasteiger partial charge in [0.15, 0.2) is 18.1 Å². The van der Waals surface area contributed by atoms with Crippen molar-refractivity contribution in [2.45, 2.75) is 0 Å². The summed E-state index contributed by atoms with van der Waals surface area (Å²) in [7, 11) is 0. The average Bonchev–Trinajstić information content (AvgIpc) is 2.88. The van der Waals surface area contributed by atoms with E-state index in [4.69, 9.17) is 19.8 Å². The molecule has 1 aliphatic rings. The molecule has 8 heteroatoms. The van der Waals surface area contributed by atoms with Gasteiger partial charge in [-0.05, 0) is 48.5 Å². The summed E-state index contributed by atoms with van der Waals surface area (Å²) < 4.78 is 11.2. The number of hydrogen-bond acceptors (Lipinski definition) is 6. The zero-order chi connectivity index (χ0) is 23.9. The fraction of sp³-hybridized carbons (Fsp3) is 0.192. The van der Waals surface area contributed by atoms with Gasteiger partial charge in [0.2, 0.25) is 0 Å². The van der Waals surface area contributed by atoms with Gasteiger partial charge in [0, 0.05) is 24.3 Å². The zero-order valence-electron chi connectivity index (χ0n) is 18.4. The third-order valence-electron chi connectivity index (χ3n) is 5.43. The Kier molecular flexibility index (Phi) is 6.94. The summed E-state index contributed by atoms with van der Waals surface area (Å²) in [4.78, 5) is 28.1. The molecule has 3 aromatic rings. The molecule has 0 radical (unpaired) electrons. The Bertz CT molecular complexity index is 1210. The van der Waals surface area contributed by atoms with Gasteiger partial charge in [-0.15, -0.1) is 0 Å². The van der Waals surface area contributed by atoms with Crippen LogP contribution in [0, 0.1) is 11.3 Å². The number of carbonyl (C=O) groups is 2. The Morgan fingerprint density at radius 2 is 1.82 bits per heavy atom. The number of nitriles is 1. The third kappa shape index (κ3) is 5.10. The van der Waals surface area contributed by atoms with E-state index < -0.39 is 12.6 Å². The maximum absolute atomic E-state index is 13.4. The highest BCUT2D eigenvalue weighted by Crippen LogP contribution is 2.39. The highest BCUT2D eigenvalue weighted by molar-refractivity contribution is 6.06. The van der Waals surface area contributed by atoms with Gasteiger partial charge in [-0.1, -0.05) is 24.3 Å². The first-order chi connectivity index (χ1) is 16.6. The maximum Gasteiger partial charge on any atom is 0.341 e. The topological polar surface area (TPSA) is 103 Å². The predicted octanol–water partition coefficient (Wildman–Crippen LogP) is 3.57. The third-order valence-corrected chi connectivity index (χ3v) is 5.43. The summed E-state index contributed by atoms with van der Waals surface area (Å²) in [6.45, 7) is 1.50. The molecule has 0 aromatic heterocycles. The molecule has 0 aliphatic carbocycles. The van der Waals surface area contributed by atoms with E-state index in [0.717, 1.165) is 11.4 Å². The molecule has 34 heavy (non-hydrogen) atoms. The van der Waals surface area contributed by atoms with Crippen molar-refractivity contribution < 1.29 is 24.2 Å². The van der Waals surface area contributed by atoms with Crippen LogP contribution in [0.2, 0.25) is 0 Å². The molecule has 1 aliphatic heterocycles. The summed E-state index contributed by atoms with van der Waals surface area (Å²) in [5.74, 6) is -0.356. The van der Waals surface area contributed by atoms with Gasteiger partial charge in [-0.3, -0.25) is 4.79 Å². The Balaban J connectivity index is 1.56. The van der Waals surface area contributed by atoms with Crippen molar-refractivity contribution in [3.05, 3.63) is 83.9 Å². The van der Waals surface area contributed by atoms with Gasteiger partial charge in [0.05, 0.1) is 23.9 Å². The van der Waals surface area contributed by atoms with E-state index in [1.165, 1.54) is 0 Å². The number of carbonyl (C=O) groups excluding carboxylic acids is 1. The quantitative estimate of drug-likeness (QED) is 0.552. The molecule has 0 atom stereocenters. The van der Waals surface area contributed by atoms with Gasteiger partial charge in [0.1, 0.15) is 6.61 Å². The van der Waals surface area contributed by atoms with E-state index in [1.807, 2.05) is 36.4 Å². The van der Waals surface area contributed by atoms with Gasteiger partial charge in [-0.2, -0.15) is 5.26 Å². The molecule has 1 N–H and O–H groups in total. The van der Waals surface area contributed by atoms with Crippen molar-refractivity contribution >= 4 is 23.3 Å². The van der Waals surface area contributed by atoms with Crippen molar-refractivity contribution in [2.24, 2.45) is 0 Å². The Morgan fingerprint density at radius 3 is 2.53 bits per heavy atom. The monoisotopic (exact) mass is 457 g/mol. The summed E-state index contributed by atoms with van der Waals surface area (Å²) in [6.07, 6.45) is 0. The van der Waals surface area contributed by atoms with Gasteiger partial charge >= 0.3 is 5.97 Å². The van der Waals surface area contributed by atoms with E-state index in [-0.39, 0.29) is 5.91 Å². The van der Waals surface area contributed by atoms with Crippen molar-refractivity contribution in [2.75, 3.05) is 42.6 Å². The second-order valence-corrected chi connectivity index (χ2v) is 7.60. The summed E-state index contributed by atoms with van der Waals surface area (Å²) in [5.41, 5.74) is 2.54. The number of aliphatic carboxylic acids is 1. The van der Waals surface area contributed by atoms with Crippen LogP contribution >= 0.6 is 0 Å². The molecule has 3 aromatic carbocycles. The number of fused-ring (bicyclic) bond motifs is 1. The molecule has 0 unspecified atom stereocenters. The molecule has 8 nitrogen and oxygen atoms in total. The largest absolute Gasteiger partial charge is 0.486 e. The lowest BCUT2D eigenvalue weighted by atomic mass is 10.1. The van der Waals surface area contributed by atoms with E-state index in [2.05, 4.69) is 11.0 Å². The minimum absolute atomic E-state index is 0.164. The minimum Gasteiger partial charge on any atom is -0.486 e. The molecule has 0 bridgehead atoms. The molecule has 0 spiro atoms. The highest BCUT2D eigenvalue weighted by atomic mass is 16.5. The first kappa shape index (κ1) is 22.7. The molecule has 1 heterocycles. The van der Waals surface area contributed by atoms with Crippen LogP contribution in [-0.2, 0) is 4.79 Å². The Labute approximate surface area is 197 Å². The zero-order valence-corrected chi connectivity index (χ0v) is 18.4.